The summed E-state index contributed by atoms with van der Waals surface area (Å²) in [6, 6.07) is 3.74. The van der Waals surface area contributed by atoms with Crippen molar-refractivity contribution in [3.63, 3.8) is 0 Å². The third-order valence-corrected chi connectivity index (χ3v) is 6.34. The van der Waals surface area contributed by atoms with Gasteiger partial charge in [-0.15, -0.1) is 0 Å². The van der Waals surface area contributed by atoms with Crippen LogP contribution in [0.5, 0.6) is 0 Å². The van der Waals surface area contributed by atoms with Crippen LogP contribution in [0.3, 0.4) is 0 Å². The zero-order valence-corrected chi connectivity index (χ0v) is 15.9. The smallest absolute Gasteiger partial charge is 0.257 e. The number of hydrogen-bond donors (Lipinski definition) is 1. The van der Waals surface area contributed by atoms with Crippen molar-refractivity contribution in [2.75, 3.05) is 13.1 Å². The molecular formula is C21H26N4O2. The second-order valence-electron chi connectivity index (χ2n) is 7.86. The van der Waals surface area contributed by atoms with E-state index in [1.807, 2.05) is 30.9 Å². The molecule has 1 saturated carbocycles. The fourth-order valence-corrected chi connectivity index (χ4v) is 4.71. The van der Waals surface area contributed by atoms with Gasteiger partial charge in [0.05, 0.1) is 16.9 Å². The summed E-state index contributed by atoms with van der Waals surface area (Å²) in [4.78, 5) is 28.0. The van der Waals surface area contributed by atoms with Gasteiger partial charge in [-0.3, -0.25) is 9.78 Å². The van der Waals surface area contributed by atoms with Gasteiger partial charge in [0, 0.05) is 43.2 Å². The van der Waals surface area contributed by atoms with Gasteiger partial charge in [0.25, 0.3) is 5.91 Å². The van der Waals surface area contributed by atoms with E-state index in [2.05, 4.69) is 15.0 Å². The lowest BCUT2D eigenvalue weighted by molar-refractivity contribution is -0.0609. The van der Waals surface area contributed by atoms with Gasteiger partial charge in [0.1, 0.15) is 0 Å². The van der Waals surface area contributed by atoms with Crippen LogP contribution in [0.4, 0.5) is 0 Å². The fourth-order valence-electron chi connectivity index (χ4n) is 4.71. The SMILES string of the molecule is CC[C@]1(O)CCC[C@H]2CN(C(=O)c3cnc(-c4cccnc4)nc3C)C[C@H]21. The predicted molar refractivity (Wildman–Crippen MR) is 102 cm³/mol. The van der Waals surface area contributed by atoms with Gasteiger partial charge < -0.3 is 10.0 Å². The molecule has 3 atom stereocenters. The van der Waals surface area contributed by atoms with Crippen LogP contribution < -0.4 is 0 Å². The van der Waals surface area contributed by atoms with Crippen LogP contribution in [-0.4, -0.2) is 49.6 Å². The number of pyridine rings is 1. The van der Waals surface area contributed by atoms with Crippen molar-refractivity contribution in [3.05, 3.63) is 42.0 Å². The molecule has 6 heteroatoms. The van der Waals surface area contributed by atoms with E-state index >= 15 is 0 Å². The molecular weight excluding hydrogens is 340 g/mol. The van der Waals surface area contributed by atoms with Crippen LogP contribution in [0, 0.1) is 18.8 Å². The predicted octanol–water partition coefficient (Wildman–Crippen LogP) is 2.86. The summed E-state index contributed by atoms with van der Waals surface area (Å²) in [7, 11) is 0. The molecule has 2 aliphatic rings. The van der Waals surface area contributed by atoms with Crippen molar-refractivity contribution in [2.45, 2.75) is 45.1 Å². The van der Waals surface area contributed by atoms with E-state index in [-0.39, 0.29) is 11.8 Å². The highest BCUT2D eigenvalue weighted by Gasteiger charge is 2.48. The second-order valence-corrected chi connectivity index (χ2v) is 7.86. The number of nitrogens with zero attached hydrogens (tertiary/aromatic N) is 4. The van der Waals surface area contributed by atoms with Crippen LogP contribution in [0.25, 0.3) is 11.4 Å². The second kappa shape index (κ2) is 7.00. The van der Waals surface area contributed by atoms with E-state index in [1.165, 1.54) is 0 Å². The summed E-state index contributed by atoms with van der Waals surface area (Å²) in [6.07, 6.45) is 8.76. The molecule has 6 nitrogen and oxygen atoms in total. The maximum absolute atomic E-state index is 13.1. The van der Waals surface area contributed by atoms with Gasteiger partial charge in [0.2, 0.25) is 0 Å². The molecule has 0 aromatic carbocycles. The maximum Gasteiger partial charge on any atom is 0.257 e. The van der Waals surface area contributed by atoms with Gasteiger partial charge in [-0.1, -0.05) is 13.3 Å². The topological polar surface area (TPSA) is 79.2 Å². The molecule has 1 aliphatic carbocycles. The standard InChI is InChI=1S/C21H26N4O2/c1-3-21(27)8-4-6-16-12-25(13-18(16)21)20(26)17-11-23-19(24-14(17)2)15-7-5-9-22-10-15/h5,7,9-11,16,18,27H,3-4,6,8,12-13H2,1-2H3/t16-,18+,21-/m0/s1. The van der Waals surface area contributed by atoms with Crippen molar-refractivity contribution in [2.24, 2.45) is 11.8 Å². The Labute approximate surface area is 159 Å². The number of rotatable bonds is 3. The van der Waals surface area contributed by atoms with Crippen LogP contribution in [-0.2, 0) is 0 Å². The van der Waals surface area contributed by atoms with E-state index in [9.17, 15) is 9.90 Å². The van der Waals surface area contributed by atoms with E-state index in [0.717, 1.165) is 37.8 Å². The van der Waals surface area contributed by atoms with Crippen molar-refractivity contribution in [3.8, 4) is 11.4 Å². The number of aryl methyl sites for hydroxylation is 1. The molecule has 0 unspecified atom stereocenters. The van der Waals surface area contributed by atoms with Gasteiger partial charge in [-0.25, -0.2) is 9.97 Å². The summed E-state index contributed by atoms with van der Waals surface area (Å²) in [5.74, 6) is 1.12. The molecule has 2 fully saturated rings. The molecule has 1 saturated heterocycles. The molecule has 1 aliphatic heterocycles. The molecule has 1 N–H and O–H groups in total. The maximum atomic E-state index is 13.1. The van der Waals surface area contributed by atoms with Crippen LogP contribution in [0.2, 0.25) is 0 Å². The minimum absolute atomic E-state index is 0.0295. The molecule has 0 bridgehead atoms. The minimum atomic E-state index is -0.631. The molecule has 0 spiro atoms. The fraction of sp³-hybridized carbons (Fsp3) is 0.524. The molecule has 2 aromatic heterocycles. The number of likely N-dealkylation sites (tertiary alicyclic amines) is 1. The Balaban J connectivity index is 1.55. The Kier molecular flexibility index (Phi) is 4.68. The number of aliphatic hydroxyl groups is 1. The summed E-state index contributed by atoms with van der Waals surface area (Å²) < 4.78 is 0. The monoisotopic (exact) mass is 366 g/mol. The quantitative estimate of drug-likeness (QED) is 0.904. The van der Waals surface area contributed by atoms with Crippen molar-refractivity contribution in [1.29, 1.82) is 0 Å². The molecule has 3 heterocycles. The highest BCUT2D eigenvalue weighted by atomic mass is 16.3. The van der Waals surface area contributed by atoms with Gasteiger partial charge >= 0.3 is 0 Å². The molecule has 27 heavy (non-hydrogen) atoms. The van der Waals surface area contributed by atoms with Gasteiger partial charge in [-0.2, -0.15) is 0 Å². The summed E-state index contributed by atoms with van der Waals surface area (Å²) in [6.45, 7) is 5.23. The Hall–Kier alpha value is -2.34. The van der Waals surface area contributed by atoms with Gasteiger partial charge in [-0.05, 0) is 44.2 Å². The normalized spacial score (nSPS) is 27.4. The van der Waals surface area contributed by atoms with Crippen molar-refractivity contribution >= 4 is 5.91 Å². The molecule has 0 radical (unpaired) electrons. The van der Waals surface area contributed by atoms with E-state index in [4.69, 9.17) is 0 Å². The zero-order chi connectivity index (χ0) is 19.0. The third-order valence-electron chi connectivity index (χ3n) is 6.34. The third kappa shape index (κ3) is 3.23. The number of carbonyl (C=O) groups excluding carboxylic acids is 1. The van der Waals surface area contributed by atoms with Gasteiger partial charge in [0.15, 0.2) is 5.82 Å². The van der Waals surface area contributed by atoms with E-state index in [1.54, 1.807) is 18.6 Å². The minimum Gasteiger partial charge on any atom is -0.390 e. The van der Waals surface area contributed by atoms with Crippen LogP contribution >= 0.6 is 0 Å². The average Bonchev–Trinajstić information content (AvgIpc) is 3.14. The number of aromatic nitrogens is 3. The lowest BCUT2D eigenvalue weighted by atomic mass is 9.69. The largest absolute Gasteiger partial charge is 0.390 e. The number of fused-ring (bicyclic) bond motifs is 1. The summed E-state index contributed by atoms with van der Waals surface area (Å²) in [5.41, 5.74) is 1.42. The first kappa shape index (κ1) is 18.0. The van der Waals surface area contributed by atoms with E-state index < -0.39 is 5.60 Å². The van der Waals surface area contributed by atoms with Crippen molar-refractivity contribution in [1.82, 2.24) is 19.9 Å². The molecule has 142 valence electrons. The Morgan fingerprint density at radius 1 is 1.37 bits per heavy atom. The Morgan fingerprint density at radius 3 is 2.93 bits per heavy atom. The summed E-state index contributed by atoms with van der Waals surface area (Å²) in [5, 5.41) is 11.0. The number of hydrogen-bond acceptors (Lipinski definition) is 5. The van der Waals surface area contributed by atoms with Crippen LogP contribution in [0.15, 0.2) is 30.7 Å². The molecule has 1 amide bonds. The van der Waals surface area contributed by atoms with Crippen LogP contribution in [0.1, 0.15) is 48.7 Å². The Morgan fingerprint density at radius 2 is 2.22 bits per heavy atom. The molecule has 2 aromatic rings. The molecule has 4 rings (SSSR count). The average molecular weight is 366 g/mol. The van der Waals surface area contributed by atoms with Crippen molar-refractivity contribution < 1.29 is 9.90 Å². The number of amides is 1. The van der Waals surface area contributed by atoms with E-state index in [0.29, 0.717) is 29.5 Å². The summed E-state index contributed by atoms with van der Waals surface area (Å²) >= 11 is 0. The Bertz CT molecular complexity index is 841. The first-order valence-electron chi connectivity index (χ1n) is 9.77. The highest BCUT2D eigenvalue weighted by molar-refractivity contribution is 5.95. The zero-order valence-electron chi connectivity index (χ0n) is 15.9. The number of carbonyl (C=O) groups is 1. The first-order valence-corrected chi connectivity index (χ1v) is 9.77. The lowest BCUT2D eigenvalue weighted by Crippen LogP contribution is -2.44. The first-order chi connectivity index (χ1) is 13.0. The highest BCUT2D eigenvalue weighted by Crippen LogP contribution is 2.44. The lowest BCUT2D eigenvalue weighted by Gasteiger charge is -2.40.